The van der Waals surface area contributed by atoms with E-state index < -0.39 is 10.0 Å². The van der Waals surface area contributed by atoms with E-state index in [1.54, 1.807) is 5.38 Å². The number of rotatable bonds is 1. The minimum absolute atomic E-state index is 0. The van der Waals surface area contributed by atoms with Crippen molar-refractivity contribution >= 4 is 33.2 Å². The molecule has 16 heavy (non-hydrogen) atoms. The first kappa shape index (κ1) is 19.1. The summed E-state index contributed by atoms with van der Waals surface area (Å²) in [4.78, 5) is 3.96. The molecule has 0 aliphatic carbocycles. The molecule has 5 nitrogen and oxygen atoms in total. The van der Waals surface area contributed by atoms with Gasteiger partial charge < -0.3 is 4.66 Å². The predicted octanol–water partition coefficient (Wildman–Crippen LogP) is -2.41. The zero-order chi connectivity index (χ0) is 12.3. The third-order valence-corrected chi connectivity index (χ3v) is 3.69. The van der Waals surface area contributed by atoms with Crippen molar-refractivity contribution in [3.63, 3.8) is 0 Å². The summed E-state index contributed by atoms with van der Waals surface area (Å²) in [6.45, 7) is 5.90. The standard InChI is InChI=1S/C7H12N2O2S2.ClO.Na/c1-7(2,3)5-4-12-6(9-5)13(8,10)11;1-2;/h4H,1-3H3,(H2,8,10,11);;/q;-1;+1. The van der Waals surface area contributed by atoms with E-state index in [0.717, 1.165) is 17.0 Å². The monoisotopic (exact) mass is 294 g/mol. The molecule has 1 heterocycles. The van der Waals surface area contributed by atoms with Crippen LogP contribution in [0.2, 0.25) is 0 Å². The summed E-state index contributed by atoms with van der Waals surface area (Å²) in [6, 6.07) is 0. The van der Waals surface area contributed by atoms with E-state index in [4.69, 9.17) is 9.80 Å². The summed E-state index contributed by atoms with van der Waals surface area (Å²) in [6.07, 6.45) is 0. The molecule has 0 fully saturated rings. The van der Waals surface area contributed by atoms with Gasteiger partial charge in [0.15, 0.2) is 0 Å². The zero-order valence-electron chi connectivity index (χ0n) is 9.52. The van der Waals surface area contributed by atoms with E-state index in [1.807, 2.05) is 20.8 Å². The van der Waals surface area contributed by atoms with Gasteiger partial charge in [0, 0.05) is 10.8 Å². The van der Waals surface area contributed by atoms with E-state index in [2.05, 4.69) is 16.9 Å². The Hall–Kier alpha value is 0.790. The van der Waals surface area contributed by atoms with Crippen LogP contribution in [0.4, 0.5) is 0 Å². The quantitative estimate of drug-likeness (QED) is 0.584. The van der Waals surface area contributed by atoms with Crippen molar-refractivity contribution in [1.29, 1.82) is 0 Å². The average Bonchev–Trinajstić information content (AvgIpc) is 2.53. The summed E-state index contributed by atoms with van der Waals surface area (Å²) in [5.74, 6) is 0. The molecule has 88 valence electrons. The number of aromatic nitrogens is 1. The maximum absolute atomic E-state index is 10.9. The second-order valence-electron chi connectivity index (χ2n) is 3.79. The Labute approximate surface area is 127 Å². The maximum Gasteiger partial charge on any atom is 1.00 e. The van der Waals surface area contributed by atoms with Gasteiger partial charge in [-0.25, -0.2) is 30.4 Å². The first-order valence-electron chi connectivity index (χ1n) is 3.85. The number of sulfonamides is 1. The van der Waals surface area contributed by atoms with Gasteiger partial charge >= 0.3 is 29.6 Å². The van der Waals surface area contributed by atoms with Crippen LogP contribution in [-0.2, 0) is 15.4 Å². The van der Waals surface area contributed by atoms with Crippen molar-refractivity contribution in [2.24, 2.45) is 5.14 Å². The maximum atomic E-state index is 10.9. The van der Waals surface area contributed by atoms with Gasteiger partial charge in [-0.15, -0.1) is 11.3 Å². The van der Waals surface area contributed by atoms with Crippen LogP contribution in [-0.4, -0.2) is 13.4 Å². The van der Waals surface area contributed by atoms with Gasteiger partial charge in [-0.3, -0.25) is 0 Å². The second-order valence-corrected chi connectivity index (χ2v) is 6.39. The van der Waals surface area contributed by atoms with E-state index in [1.165, 1.54) is 0 Å². The van der Waals surface area contributed by atoms with E-state index in [-0.39, 0.29) is 39.3 Å². The van der Waals surface area contributed by atoms with Crippen LogP contribution in [0.1, 0.15) is 26.5 Å². The fourth-order valence-electron chi connectivity index (χ4n) is 0.732. The van der Waals surface area contributed by atoms with Gasteiger partial charge in [0.25, 0.3) is 10.0 Å². The molecule has 0 atom stereocenters. The summed E-state index contributed by atoms with van der Waals surface area (Å²) in [5, 5.41) is 6.66. The second kappa shape index (κ2) is 7.27. The van der Waals surface area contributed by atoms with Crippen molar-refractivity contribution < 1.29 is 42.6 Å². The van der Waals surface area contributed by atoms with Gasteiger partial charge in [0.2, 0.25) is 4.34 Å². The topological polar surface area (TPSA) is 96.1 Å². The minimum Gasteiger partial charge on any atom is -0.769 e. The fourth-order valence-corrected chi connectivity index (χ4v) is 2.41. The summed E-state index contributed by atoms with van der Waals surface area (Å²) in [7, 11) is -3.63. The Morgan fingerprint density at radius 1 is 1.44 bits per heavy atom. The molecule has 0 aliphatic heterocycles. The van der Waals surface area contributed by atoms with Gasteiger partial charge in [-0.05, 0) is 0 Å². The number of hydrogen-bond acceptors (Lipinski definition) is 5. The molecule has 1 aromatic heterocycles. The molecule has 1 aromatic rings. The van der Waals surface area contributed by atoms with E-state index >= 15 is 0 Å². The number of primary sulfonamides is 1. The van der Waals surface area contributed by atoms with E-state index in [9.17, 15) is 8.42 Å². The molecule has 0 radical (unpaired) electrons. The summed E-state index contributed by atoms with van der Waals surface area (Å²) >= 11 is 4.45. The molecule has 0 saturated heterocycles. The van der Waals surface area contributed by atoms with Crippen molar-refractivity contribution in [2.75, 3.05) is 0 Å². The number of halogens is 1. The molecule has 0 aromatic carbocycles. The predicted molar refractivity (Wildman–Crippen MR) is 58.0 cm³/mol. The van der Waals surface area contributed by atoms with Crippen LogP contribution in [0.3, 0.4) is 0 Å². The van der Waals surface area contributed by atoms with Crippen LogP contribution in [0, 0.1) is 0 Å². The van der Waals surface area contributed by atoms with Crippen molar-refractivity contribution in [3.8, 4) is 0 Å². The molecule has 0 unspecified atom stereocenters. The van der Waals surface area contributed by atoms with Gasteiger partial charge in [0.1, 0.15) is 0 Å². The molecular formula is C7H12ClN2NaO3S2. The van der Waals surface area contributed by atoms with Crippen LogP contribution < -0.4 is 39.4 Å². The van der Waals surface area contributed by atoms with Crippen LogP contribution in [0.5, 0.6) is 0 Å². The third kappa shape index (κ3) is 5.92. The van der Waals surface area contributed by atoms with Gasteiger partial charge in [0.05, 0.1) is 5.69 Å². The summed E-state index contributed by atoms with van der Waals surface area (Å²) < 4.78 is 29.5. The number of nitrogens with two attached hydrogens (primary N) is 1. The summed E-state index contributed by atoms with van der Waals surface area (Å²) in [5.41, 5.74) is 0.612. The van der Waals surface area contributed by atoms with Crippen molar-refractivity contribution in [1.82, 2.24) is 4.98 Å². The Morgan fingerprint density at radius 3 is 2.06 bits per heavy atom. The Bertz CT molecular complexity index is 414. The minimum atomic E-state index is -3.63. The van der Waals surface area contributed by atoms with Crippen LogP contribution in [0.15, 0.2) is 9.72 Å². The molecular weight excluding hydrogens is 283 g/mol. The first-order valence-corrected chi connectivity index (χ1v) is 6.59. The molecule has 1 rings (SSSR count). The number of hydrogen-bond donors (Lipinski definition) is 1. The third-order valence-electron chi connectivity index (χ3n) is 1.49. The normalized spacial score (nSPS) is 11.1. The molecule has 0 bridgehead atoms. The fraction of sp³-hybridized carbons (Fsp3) is 0.571. The number of thiazole rings is 1. The largest absolute Gasteiger partial charge is 1.00 e. The number of nitrogens with zero attached hydrogens (tertiary/aromatic N) is 1. The smallest absolute Gasteiger partial charge is 0.769 e. The SMILES string of the molecule is CC(C)(C)c1csc(S(N)(=O)=O)n1.[Na+].[O-]Cl. The van der Waals surface area contributed by atoms with Crippen LogP contribution in [0.25, 0.3) is 0 Å². The van der Waals surface area contributed by atoms with Gasteiger partial charge in [-0.2, -0.15) is 0 Å². The molecule has 2 N–H and O–H groups in total. The van der Waals surface area contributed by atoms with E-state index in [0.29, 0.717) is 0 Å². The zero-order valence-corrected chi connectivity index (χ0v) is 13.9. The van der Waals surface area contributed by atoms with Crippen LogP contribution >= 0.6 is 23.2 Å². The Balaban J connectivity index is 0. The average molecular weight is 295 g/mol. The Morgan fingerprint density at radius 2 is 1.88 bits per heavy atom. The Kier molecular flexibility index (Phi) is 8.70. The molecule has 0 amide bonds. The van der Waals surface area contributed by atoms with Gasteiger partial charge in [-0.1, -0.05) is 20.8 Å². The molecule has 0 saturated carbocycles. The molecule has 9 heteroatoms. The van der Waals surface area contributed by atoms with Crippen molar-refractivity contribution in [3.05, 3.63) is 11.1 Å². The molecule has 0 spiro atoms. The first-order chi connectivity index (χ1) is 6.71. The van der Waals surface area contributed by atoms with Crippen molar-refractivity contribution in [2.45, 2.75) is 30.5 Å². The molecule has 0 aliphatic rings.